The number of hydrogen-bond acceptors (Lipinski definition) is 4. The fourth-order valence-corrected chi connectivity index (χ4v) is 1.63. The van der Waals surface area contributed by atoms with Crippen molar-refractivity contribution in [2.45, 2.75) is 32.9 Å². The van der Waals surface area contributed by atoms with Crippen LogP contribution in [0.2, 0.25) is 0 Å². The lowest BCUT2D eigenvalue weighted by Gasteiger charge is -2.08. The lowest BCUT2D eigenvalue weighted by Crippen LogP contribution is -2.17. The summed E-state index contributed by atoms with van der Waals surface area (Å²) in [5.74, 6) is -0.301. The molecule has 0 saturated carbocycles. The van der Waals surface area contributed by atoms with E-state index in [1.807, 2.05) is 26.0 Å². The molecule has 0 heterocycles. The minimum atomic E-state index is -0.301. The topological polar surface area (TPSA) is 47.6 Å². The van der Waals surface area contributed by atoms with Gasteiger partial charge >= 0.3 is 5.97 Å². The van der Waals surface area contributed by atoms with E-state index in [2.05, 4.69) is 10.1 Å². The molecule has 0 radical (unpaired) electrons. The van der Waals surface area contributed by atoms with Gasteiger partial charge in [0.2, 0.25) is 0 Å². The Labute approximate surface area is 115 Å². The van der Waals surface area contributed by atoms with E-state index < -0.39 is 0 Å². The lowest BCUT2D eigenvalue weighted by atomic mass is 10.1. The molecule has 0 amide bonds. The second-order valence-corrected chi connectivity index (χ2v) is 4.64. The number of carbonyl (C=O) groups is 1. The third-order valence-electron chi connectivity index (χ3n) is 2.65. The SMILES string of the molecule is COC(=O)c1ccc(CNCCCOC(C)C)cc1. The fourth-order valence-electron chi connectivity index (χ4n) is 1.63. The van der Waals surface area contributed by atoms with Crippen molar-refractivity contribution in [2.75, 3.05) is 20.3 Å². The molecule has 0 aliphatic heterocycles. The van der Waals surface area contributed by atoms with Crippen LogP contribution in [0.25, 0.3) is 0 Å². The molecular formula is C15H23NO3. The molecule has 0 aliphatic rings. The quantitative estimate of drug-likeness (QED) is 0.579. The summed E-state index contributed by atoms with van der Waals surface area (Å²) < 4.78 is 10.1. The number of nitrogens with one attached hydrogen (secondary N) is 1. The Hall–Kier alpha value is -1.39. The summed E-state index contributed by atoms with van der Waals surface area (Å²) in [6.07, 6.45) is 1.30. The van der Waals surface area contributed by atoms with Crippen LogP contribution in [0.3, 0.4) is 0 Å². The molecule has 19 heavy (non-hydrogen) atoms. The van der Waals surface area contributed by atoms with Crippen LogP contribution in [0.15, 0.2) is 24.3 Å². The zero-order chi connectivity index (χ0) is 14.1. The second-order valence-electron chi connectivity index (χ2n) is 4.64. The molecule has 1 N–H and O–H groups in total. The third-order valence-corrected chi connectivity index (χ3v) is 2.65. The van der Waals surface area contributed by atoms with E-state index >= 15 is 0 Å². The minimum Gasteiger partial charge on any atom is -0.465 e. The van der Waals surface area contributed by atoms with Crippen LogP contribution in [0.5, 0.6) is 0 Å². The average molecular weight is 265 g/mol. The molecule has 0 spiro atoms. The van der Waals surface area contributed by atoms with Crippen LogP contribution in [0.4, 0.5) is 0 Å². The molecule has 0 aromatic heterocycles. The summed E-state index contributed by atoms with van der Waals surface area (Å²) in [6.45, 7) is 6.58. The number of hydrogen-bond donors (Lipinski definition) is 1. The fraction of sp³-hybridized carbons (Fsp3) is 0.533. The summed E-state index contributed by atoms with van der Waals surface area (Å²) in [7, 11) is 1.39. The molecule has 0 unspecified atom stereocenters. The first-order valence-electron chi connectivity index (χ1n) is 6.63. The van der Waals surface area contributed by atoms with Crippen LogP contribution in [0.1, 0.15) is 36.2 Å². The van der Waals surface area contributed by atoms with E-state index in [0.29, 0.717) is 11.7 Å². The summed E-state index contributed by atoms with van der Waals surface area (Å²) in [4.78, 5) is 11.3. The van der Waals surface area contributed by atoms with Crippen LogP contribution in [-0.2, 0) is 16.0 Å². The third kappa shape index (κ3) is 6.36. The van der Waals surface area contributed by atoms with E-state index in [1.165, 1.54) is 7.11 Å². The van der Waals surface area contributed by atoms with Crippen molar-refractivity contribution in [1.82, 2.24) is 5.32 Å². The maximum atomic E-state index is 11.3. The highest BCUT2D eigenvalue weighted by atomic mass is 16.5. The van der Waals surface area contributed by atoms with Crippen molar-refractivity contribution in [3.8, 4) is 0 Å². The lowest BCUT2D eigenvalue weighted by molar-refractivity contribution is 0.0600. The Kier molecular flexibility index (Phi) is 7.15. The minimum absolute atomic E-state index is 0.297. The predicted octanol–water partition coefficient (Wildman–Crippen LogP) is 2.38. The first kappa shape index (κ1) is 15.7. The van der Waals surface area contributed by atoms with Gasteiger partial charge in [0.15, 0.2) is 0 Å². The smallest absolute Gasteiger partial charge is 0.337 e. The van der Waals surface area contributed by atoms with E-state index in [9.17, 15) is 4.79 Å². The van der Waals surface area contributed by atoms with Crippen LogP contribution >= 0.6 is 0 Å². The van der Waals surface area contributed by atoms with Gasteiger partial charge in [-0.25, -0.2) is 4.79 Å². The Morgan fingerprint density at radius 1 is 1.26 bits per heavy atom. The van der Waals surface area contributed by atoms with Crippen molar-refractivity contribution < 1.29 is 14.3 Å². The molecule has 106 valence electrons. The zero-order valence-corrected chi connectivity index (χ0v) is 11.9. The maximum Gasteiger partial charge on any atom is 0.337 e. The summed E-state index contributed by atoms with van der Waals surface area (Å²) in [6, 6.07) is 7.43. The predicted molar refractivity (Wildman–Crippen MR) is 75.2 cm³/mol. The van der Waals surface area contributed by atoms with Gasteiger partial charge in [0.25, 0.3) is 0 Å². The Morgan fingerprint density at radius 2 is 1.95 bits per heavy atom. The monoisotopic (exact) mass is 265 g/mol. The number of benzene rings is 1. The molecule has 4 heteroatoms. The standard InChI is InChI=1S/C15H23NO3/c1-12(2)19-10-4-9-16-11-13-5-7-14(8-6-13)15(17)18-3/h5-8,12,16H,4,9-11H2,1-3H3. The number of rotatable bonds is 8. The van der Waals surface area contributed by atoms with Crippen molar-refractivity contribution in [3.05, 3.63) is 35.4 Å². The Morgan fingerprint density at radius 3 is 2.53 bits per heavy atom. The van der Waals surface area contributed by atoms with Gasteiger partial charge in [-0.15, -0.1) is 0 Å². The number of carbonyl (C=O) groups excluding carboxylic acids is 1. The Balaban J connectivity index is 2.21. The van der Waals surface area contributed by atoms with E-state index in [1.54, 1.807) is 12.1 Å². The van der Waals surface area contributed by atoms with Gasteiger partial charge in [0.1, 0.15) is 0 Å². The first-order chi connectivity index (χ1) is 9.13. The molecule has 1 rings (SSSR count). The van der Waals surface area contributed by atoms with Crippen molar-refractivity contribution in [2.24, 2.45) is 0 Å². The van der Waals surface area contributed by atoms with Gasteiger partial charge in [-0.2, -0.15) is 0 Å². The van der Waals surface area contributed by atoms with Crippen LogP contribution in [0, 0.1) is 0 Å². The number of methoxy groups -OCH3 is 1. The molecule has 0 bridgehead atoms. The zero-order valence-electron chi connectivity index (χ0n) is 11.9. The van der Waals surface area contributed by atoms with Gasteiger partial charge < -0.3 is 14.8 Å². The van der Waals surface area contributed by atoms with Crippen molar-refractivity contribution in [1.29, 1.82) is 0 Å². The highest BCUT2D eigenvalue weighted by Gasteiger charge is 2.03. The molecular weight excluding hydrogens is 242 g/mol. The summed E-state index contributed by atoms with van der Waals surface area (Å²) in [5, 5.41) is 3.34. The summed E-state index contributed by atoms with van der Waals surface area (Å²) in [5.41, 5.74) is 1.73. The highest BCUT2D eigenvalue weighted by molar-refractivity contribution is 5.89. The van der Waals surface area contributed by atoms with Gasteiger partial charge in [-0.1, -0.05) is 12.1 Å². The van der Waals surface area contributed by atoms with Crippen molar-refractivity contribution in [3.63, 3.8) is 0 Å². The number of esters is 1. The summed E-state index contributed by atoms with van der Waals surface area (Å²) >= 11 is 0. The van der Waals surface area contributed by atoms with Crippen LogP contribution in [-0.4, -0.2) is 32.3 Å². The molecule has 0 fully saturated rings. The van der Waals surface area contributed by atoms with E-state index in [-0.39, 0.29) is 5.97 Å². The average Bonchev–Trinajstić information content (AvgIpc) is 2.42. The largest absolute Gasteiger partial charge is 0.465 e. The molecule has 0 aliphatic carbocycles. The number of ether oxygens (including phenoxy) is 2. The molecule has 0 saturated heterocycles. The van der Waals surface area contributed by atoms with E-state index in [4.69, 9.17) is 4.74 Å². The van der Waals surface area contributed by atoms with Gasteiger partial charge in [0, 0.05) is 13.2 Å². The molecule has 0 atom stereocenters. The molecule has 4 nitrogen and oxygen atoms in total. The molecule has 1 aromatic rings. The van der Waals surface area contributed by atoms with Crippen LogP contribution < -0.4 is 5.32 Å². The van der Waals surface area contributed by atoms with Gasteiger partial charge in [-0.3, -0.25) is 0 Å². The normalized spacial score (nSPS) is 10.7. The maximum absolute atomic E-state index is 11.3. The van der Waals surface area contributed by atoms with Gasteiger partial charge in [0.05, 0.1) is 18.8 Å². The first-order valence-corrected chi connectivity index (χ1v) is 6.63. The van der Waals surface area contributed by atoms with E-state index in [0.717, 1.165) is 31.7 Å². The Bertz CT molecular complexity index is 373. The van der Waals surface area contributed by atoms with Gasteiger partial charge in [-0.05, 0) is 44.5 Å². The highest BCUT2D eigenvalue weighted by Crippen LogP contribution is 2.05. The second kappa shape index (κ2) is 8.67. The molecule has 1 aromatic carbocycles. The van der Waals surface area contributed by atoms with Crippen molar-refractivity contribution >= 4 is 5.97 Å².